The molecule has 0 unspecified atom stereocenters. The zero-order valence-corrected chi connectivity index (χ0v) is 15.1. The SMILES string of the molecule is O=C(Nc1ccc(N2CCC2)nc1)c1n[nH]c2ccc(-c3cccnc3)cc12. The first-order valence-electron chi connectivity index (χ1n) is 9.19. The highest BCUT2D eigenvalue weighted by Gasteiger charge is 2.17. The fraction of sp³-hybridized carbons (Fsp3) is 0.143. The van der Waals surface area contributed by atoms with E-state index in [4.69, 9.17) is 0 Å². The standard InChI is InChI=1S/C21H18N6O/c28-21(24-16-5-7-19(23-13-16)27-9-2-10-27)20-17-11-14(4-6-18(17)25-26-20)15-3-1-8-22-12-15/h1,3-8,11-13H,2,9-10H2,(H,24,28)(H,25,26). The van der Waals surface area contributed by atoms with Gasteiger partial charge in [0.2, 0.25) is 0 Å². The minimum Gasteiger partial charge on any atom is -0.356 e. The van der Waals surface area contributed by atoms with Crippen molar-refractivity contribution in [1.82, 2.24) is 20.2 Å². The van der Waals surface area contributed by atoms with Crippen LogP contribution in [0.1, 0.15) is 16.9 Å². The van der Waals surface area contributed by atoms with Gasteiger partial charge < -0.3 is 10.2 Å². The topological polar surface area (TPSA) is 86.8 Å². The average molecular weight is 370 g/mol. The van der Waals surface area contributed by atoms with Gasteiger partial charge in [-0.1, -0.05) is 12.1 Å². The molecule has 2 N–H and O–H groups in total. The summed E-state index contributed by atoms with van der Waals surface area (Å²) >= 11 is 0. The summed E-state index contributed by atoms with van der Waals surface area (Å²) in [5, 5.41) is 10.8. The lowest BCUT2D eigenvalue weighted by Gasteiger charge is -2.31. The summed E-state index contributed by atoms with van der Waals surface area (Å²) in [5.41, 5.74) is 3.78. The first-order chi connectivity index (χ1) is 13.8. The molecule has 0 bridgehead atoms. The van der Waals surface area contributed by atoms with E-state index < -0.39 is 0 Å². The number of carbonyl (C=O) groups is 1. The third-order valence-electron chi connectivity index (χ3n) is 4.96. The molecule has 5 rings (SSSR count). The Labute approximate surface area is 161 Å². The fourth-order valence-corrected chi connectivity index (χ4v) is 3.28. The van der Waals surface area contributed by atoms with Crippen molar-refractivity contribution in [2.45, 2.75) is 6.42 Å². The maximum Gasteiger partial charge on any atom is 0.276 e. The zero-order valence-electron chi connectivity index (χ0n) is 15.1. The van der Waals surface area contributed by atoms with Gasteiger partial charge in [0.05, 0.1) is 17.4 Å². The number of amides is 1. The number of nitrogens with zero attached hydrogens (tertiary/aromatic N) is 4. The predicted molar refractivity (Wildman–Crippen MR) is 108 cm³/mol. The summed E-state index contributed by atoms with van der Waals surface area (Å²) in [7, 11) is 0. The third-order valence-corrected chi connectivity index (χ3v) is 4.96. The van der Waals surface area contributed by atoms with Crippen LogP contribution < -0.4 is 10.2 Å². The van der Waals surface area contributed by atoms with Gasteiger partial charge in [0, 0.05) is 36.4 Å². The molecule has 28 heavy (non-hydrogen) atoms. The van der Waals surface area contributed by atoms with Crippen LogP contribution in [0.4, 0.5) is 11.5 Å². The molecule has 0 atom stereocenters. The molecule has 1 fully saturated rings. The number of hydrogen-bond donors (Lipinski definition) is 2. The molecule has 4 aromatic rings. The van der Waals surface area contributed by atoms with Crippen LogP contribution in [0.5, 0.6) is 0 Å². The van der Waals surface area contributed by atoms with Crippen LogP contribution in [0.25, 0.3) is 22.0 Å². The smallest absolute Gasteiger partial charge is 0.276 e. The van der Waals surface area contributed by atoms with Gasteiger partial charge in [0.15, 0.2) is 5.69 Å². The highest BCUT2D eigenvalue weighted by atomic mass is 16.1. The molecule has 1 aliphatic heterocycles. The van der Waals surface area contributed by atoms with Crippen LogP contribution in [0.2, 0.25) is 0 Å². The van der Waals surface area contributed by atoms with E-state index in [2.05, 4.69) is 30.4 Å². The van der Waals surface area contributed by atoms with Crippen LogP contribution in [-0.4, -0.2) is 39.2 Å². The van der Waals surface area contributed by atoms with E-state index in [1.807, 2.05) is 42.5 Å². The Balaban J connectivity index is 1.41. The van der Waals surface area contributed by atoms with Crippen LogP contribution in [0, 0.1) is 0 Å². The number of pyridine rings is 2. The van der Waals surface area contributed by atoms with Gasteiger partial charge in [-0.15, -0.1) is 0 Å². The molecular formula is C21H18N6O. The molecule has 1 amide bonds. The van der Waals surface area contributed by atoms with Crippen molar-refractivity contribution in [2.24, 2.45) is 0 Å². The van der Waals surface area contributed by atoms with Crippen molar-refractivity contribution < 1.29 is 4.79 Å². The zero-order chi connectivity index (χ0) is 18.9. The molecule has 0 aliphatic carbocycles. The first kappa shape index (κ1) is 16.4. The molecule has 3 aromatic heterocycles. The average Bonchev–Trinajstić information content (AvgIpc) is 3.12. The lowest BCUT2D eigenvalue weighted by atomic mass is 10.0. The van der Waals surface area contributed by atoms with Crippen molar-refractivity contribution in [3.8, 4) is 11.1 Å². The quantitative estimate of drug-likeness (QED) is 0.574. The number of fused-ring (bicyclic) bond motifs is 1. The van der Waals surface area contributed by atoms with Crippen LogP contribution >= 0.6 is 0 Å². The summed E-state index contributed by atoms with van der Waals surface area (Å²) in [4.78, 5) is 23.6. The number of aromatic nitrogens is 4. The van der Waals surface area contributed by atoms with E-state index in [0.29, 0.717) is 11.4 Å². The van der Waals surface area contributed by atoms with E-state index >= 15 is 0 Å². The number of aromatic amines is 1. The Kier molecular flexibility index (Phi) is 3.97. The Morgan fingerprint density at radius 2 is 2.00 bits per heavy atom. The molecule has 0 radical (unpaired) electrons. The number of H-pyrrole nitrogens is 1. The maximum absolute atomic E-state index is 12.8. The van der Waals surface area contributed by atoms with Crippen LogP contribution in [0.15, 0.2) is 61.1 Å². The van der Waals surface area contributed by atoms with Gasteiger partial charge in [0.1, 0.15) is 5.82 Å². The molecule has 0 spiro atoms. The minimum absolute atomic E-state index is 0.270. The normalized spacial score (nSPS) is 13.4. The van der Waals surface area contributed by atoms with Crippen LogP contribution in [0.3, 0.4) is 0 Å². The van der Waals surface area contributed by atoms with Gasteiger partial charge in [-0.05, 0) is 42.3 Å². The number of rotatable bonds is 4. The van der Waals surface area contributed by atoms with Crippen molar-refractivity contribution in [3.05, 3.63) is 66.7 Å². The number of nitrogens with one attached hydrogen (secondary N) is 2. The van der Waals surface area contributed by atoms with Crippen molar-refractivity contribution in [3.63, 3.8) is 0 Å². The third kappa shape index (κ3) is 2.96. The number of carbonyl (C=O) groups excluding carboxylic acids is 1. The lowest BCUT2D eigenvalue weighted by molar-refractivity contribution is 0.102. The highest BCUT2D eigenvalue weighted by molar-refractivity contribution is 6.11. The highest BCUT2D eigenvalue weighted by Crippen LogP contribution is 2.25. The maximum atomic E-state index is 12.8. The van der Waals surface area contributed by atoms with Gasteiger partial charge in [0.25, 0.3) is 5.91 Å². The van der Waals surface area contributed by atoms with E-state index in [1.54, 1.807) is 18.6 Å². The predicted octanol–water partition coefficient (Wildman–Crippen LogP) is 3.48. The van der Waals surface area contributed by atoms with E-state index in [9.17, 15) is 4.79 Å². The molecular weight excluding hydrogens is 352 g/mol. The summed E-state index contributed by atoms with van der Waals surface area (Å²) in [6, 6.07) is 13.5. The second-order valence-electron chi connectivity index (χ2n) is 6.77. The Morgan fingerprint density at radius 3 is 2.71 bits per heavy atom. The van der Waals surface area contributed by atoms with E-state index in [-0.39, 0.29) is 5.91 Å². The Morgan fingerprint density at radius 1 is 1.07 bits per heavy atom. The van der Waals surface area contributed by atoms with Gasteiger partial charge in [-0.3, -0.25) is 14.9 Å². The van der Waals surface area contributed by atoms with E-state index in [1.165, 1.54) is 6.42 Å². The second kappa shape index (κ2) is 6.77. The summed E-state index contributed by atoms with van der Waals surface area (Å²) in [6.07, 6.45) is 6.42. The first-order valence-corrected chi connectivity index (χ1v) is 9.19. The largest absolute Gasteiger partial charge is 0.356 e. The summed E-state index contributed by atoms with van der Waals surface area (Å²) in [6.45, 7) is 2.08. The molecule has 7 nitrogen and oxygen atoms in total. The summed E-state index contributed by atoms with van der Waals surface area (Å²) in [5.74, 6) is 0.670. The summed E-state index contributed by atoms with van der Waals surface area (Å²) < 4.78 is 0. The molecule has 1 aromatic carbocycles. The molecule has 1 saturated heterocycles. The van der Waals surface area contributed by atoms with Crippen LogP contribution in [-0.2, 0) is 0 Å². The molecule has 0 saturated carbocycles. The Hall–Kier alpha value is -3.74. The van der Waals surface area contributed by atoms with Gasteiger partial charge in [-0.25, -0.2) is 4.98 Å². The van der Waals surface area contributed by atoms with E-state index in [0.717, 1.165) is 40.9 Å². The second-order valence-corrected chi connectivity index (χ2v) is 6.77. The molecule has 7 heteroatoms. The lowest BCUT2D eigenvalue weighted by Crippen LogP contribution is -2.37. The molecule has 138 valence electrons. The molecule has 4 heterocycles. The van der Waals surface area contributed by atoms with Crippen molar-refractivity contribution >= 4 is 28.3 Å². The monoisotopic (exact) mass is 370 g/mol. The van der Waals surface area contributed by atoms with Crippen molar-refractivity contribution in [1.29, 1.82) is 0 Å². The van der Waals surface area contributed by atoms with Gasteiger partial charge in [-0.2, -0.15) is 5.10 Å². The Bertz CT molecular complexity index is 1130. The minimum atomic E-state index is -0.270. The fourth-order valence-electron chi connectivity index (χ4n) is 3.28. The van der Waals surface area contributed by atoms with Gasteiger partial charge >= 0.3 is 0 Å². The number of anilines is 2. The number of hydrogen-bond acceptors (Lipinski definition) is 5. The van der Waals surface area contributed by atoms with Crippen molar-refractivity contribution in [2.75, 3.05) is 23.3 Å². The molecule has 1 aliphatic rings. The number of benzene rings is 1.